The van der Waals surface area contributed by atoms with Crippen LogP contribution in [0.3, 0.4) is 0 Å². The molecular formula is C13H21NS. The van der Waals surface area contributed by atoms with E-state index in [1.165, 1.54) is 29.9 Å². The van der Waals surface area contributed by atoms with Gasteiger partial charge in [0.1, 0.15) is 0 Å². The van der Waals surface area contributed by atoms with Crippen LogP contribution in [0.4, 0.5) is 0 Å². The molecule has 0 aliphatic rings. The van der Waals surface area contributed by atoms with Crippen molar-refractivity contribution in [3.05, 3.63) is 35.9 Å². The molecule has 0 saturated heterocycles. The second kappa shape index (κ2) is 7.77. The molecule has 1 aromatic rings. The number of nitrogens with one attached hydrogen (secondary N) is 1. The van der Waals surface area contributed by atoms with Crippen molar-refractivity contribution in [3.63, 3.8) is 0 Å². The van der Waals surface area contributed by atoms with Crippen LogP contribution in [0.15, 0.2) is 30.3 Å². The summed E-state index contributed by atoms with van der Waals surface area (Å²) < 4.78 is 0. The van der Waals surface area contributed by atoms with Gasteiger partial charge in [-0.3, -0.25) is 0 Å². The Morgan fingerprint density at radius 3 is 2.60 bits per heavy atom. The minimum atomic E-state index is 0.494. The number of rotatable bonds is 7. The highest BCUT2D eigenvalue weighted by atomic mass is 32.2. The molecule has 2 heteroatoms. The smallest absolute Gasteiger partial charge is 0.0409 e. The first-order valence-electron chi connectivity index (χ1n) is 5.68. The van der Waals surface area contributed by atoms with Gasteiger partial charge in [-0.2, -0.15) is 11.8 Å². The molecule has 1 unspecified atom stereocenters. The van der Waals surface area contributed by atoms with E-state index in [1.54, 1.807) is 0 Å². The fraction of sp³-hybridized carbons (Fsp3) is 0.538. The van der Waals surface area contributed by atoms with Crippen molar-refractivity contribution in [1.29, 1.82) is 0 Å². The van der Waals surface area contributed by atoms with E-state index in [0.29, 0.717) is 6.04 Å². The maximum absolute atomic E-state index is 3.37. The molecule has 0 saturated carbocycles. The zero-order valence-corrected chi connectivity index (χ0v) is 10.5. The predicted octanol–water partition coefficient (Wildman–Crippen LogP) is 3.48. The molecule has 1 aromatic carbocycles. The molecule has 0 heterocycles. The van der Waals surface area contributed by atoms with Gasteiger partial charge in [-0.1, -0.05) is 43.7 Å². The Bertz CT molecular complexity index is 248. The van der Waals surface area contributed by atoms with Crippen LogP contribution in [-0.4, -0.2) is 18.6 Å². The molecule has 1 atom stereocenters. The van der Waals surface area contributed by atoms with Gasteiger partial charge in [0.25, 0.3) is 0 Å². The van der Waals surface area contributed by atoms with Gasteiger partial charge in [-0.25, -0.2) is 0 Å². The molecule has 0 radical (unpaired) electrons. The van der Waals surface area contributed by atoms with Crippen LogP contribution in [-0.2, 0) is 0 Å². The average molecular weight is 223 g/mol. The Balaban J connectivity index is 2.36. The van der Waals surface area contributed by atoms with Crippen LogP contribution >= 0.6 is 11.8 Å². The average Bonchev–Trinajstić information content (AvgIpc) is 2.30. The van der Waals surface area contributed by atoms with Crippen LogP contribution in [0, 0.1) is 0 Å². The SMILES string of the molecule is CCCCSCC(NC)c1ccccc1. The first-order chi connectivity index (χ1) is 7.38. The van der Waals surface area contributed by atoms with Crippen LogP contribution in [0.1, 0.15) is 31.4 Å². The highest BCUT2D eigenvalue weighted by Crippen LogP contribution is 2.18. The van der Waals surface area contributed by atoms with Crippen molar-refractivity contribution < 1.29 is 0 Å². The topological polar surface area (TPSA) is 12.0 Å². The second-order valence-corrected chi connectivity index (χ2v) is 4.83. The van der Waals surface area contributed by atoms with Gasteiger partial charge >= 0.3 is 0 Å². The zero-order valence-electron chi connectivity index (χ0n) is 9.70. The molecule has 84 valence electrons. The van der Waals surface area contributed by atoms with Crippen molar-refractivity contribution in [2.75, 3.05) is 18.6 Å². The maximum atomic E-state index is 3.37. The summed E-state index contributed by atoms with van der Waals surface area (Å²) in [5.41, 5.74) is 1.39. The van der Waals surface area contributed by atoms with Crippen molar-refractivity contribution in [2.24, 2.45) is 0 Å². The normalized spacial score (nSPS) is 12.7. The van der Waals surface area contributed by atoms with E-state index in [0.717, 1.165) is 0 Å². The van der Waals surface area contributed by atoms with E-state index in [9.17, 15) is 0 Å². The summed E-state index contributed by atoms with van der Waals surface area (Å²) in [7, 11) is 2.04. The van der Waals surface area contributed by atoms with Gasteiger partial charge in [-0.05, 0) is 24.8 Å². The first kappa shape index (κ1) is 12.6. The lowest BCUT2D eigenvalue weighted by molar-refractivity contribution is 0.661. The van der Waals surface area contributed by atoms with Crippen LogP contribution in [0.5, 0.6) is 0 Å². The van der Waals surface area contributed by atoms with E-state index >= 15 is 0 Å². The Labute approximate surface area is 97.7 Å². The molecule has 0 aliphatic heterocycles. The van der Waals surface area contributed by atoms with Crippen molar-refractivity contribution in [2.45, 2.75) is 25.8 Å². The quantitative estimate of drug-likeness (QED) is 0.710. The molecule has 0 bridgehead atoms. The molecule has 0 aromatic heterocycles. The third kappa shape index (κ3) is 4.72. The summed E-state index contributed by atoms with van der Waals surface area (Å²) in [4.78, 5) is 0. The number of unbranched alkanes of at least 4 members (excludes halogenated alkanes) is 1. The third-order valence-corrected chi connectivity index (χ3v) is 3.62. The lowest BCUT2D eigenvalue weighted by atomic mass is 10.1. The van der Waals surface area contributed by atoms with Gasteiger partial charge in [0.05, 0.1) is 0 Å². The Morgan fingerprint density at radius 2 is 2.00 bits per heavy atom. The fourth-order valence-electron chi connectivity index (χ4n) is 1.48. The first-order valence-corrected chi connectivity index (χ1v) is 6.84. The maximum Gasteiger partial charge on any atom is 0.0409 e. The van der Waals surface area contributed by atoms with Crippen molar-refractivity contribution in [3.8, 4) is 0 Å². The largest absolute Gasteiger partial charge is 0.312 e. The molecule has 1 nitrogen and oxygen atoms in total. The van der Waals surface area contributed by atoms with Gasteiger partial charge in [0.15, 0.2) is 0 Å². The number of benzene rings is 1. The van der Waals surface area contributed by atoms with Crippen molar-refractivity contribution >= 4 is 11.8 Å². The zero-order chi connectivity index (χ0) is 10.9. The number of hydrogen-bond acceptors (Lipinski definition) is 2. The highest BCUT2D eigenvalue weighted by Gasteiger charge is 2.07. The number of thioether (sulfide) groups is 1. The molecule has 1 N–H and O–H groups in total. The van der Waals surface area contributed by atoms with Crippen molar-refractivity contribution in [1.82, 2.24) is 5.32 Å². The summed E-state index contributed by atoms with van der Waals surface area (Å²) in [6.07, 6.45) is 2.62. The highest BCUT2D eigenvalue weighted by molar-refractivity contribution is 7.99. The molecule has 0 amide bonds. The minimum Gasteiger partial charge on any atom is -0.312 e. The van der Waals surface area contributed by atoms with E-state index in [-0.39, 0.29) is 0 Å². The van der Waals surface area contributed by atoms with E-state index < -0.39 is 0 Å². The predicted molar refractivity (Wildman–Crippen MR) is 70.5 cm³/mol. The van der Waals surface area contributed by atoms with Gasteiger partial charge in [0, 0.05) is 11.8 Å². The van der Waals surface area contributed by atoms with Crippen LogP contribution < -0.4 is 5.32 Å². The Morgan fingerprint density at radius 1 is 1.27 bits per heavy atom. The standard InChI is InChI=1S/C13H21NS/c1-3-4-10-15-11-13(14-2)12-8-6-5-7-9-12/h5-9,13-14H,3-4,10-11H2,1-2H3. The molecule has 0 fully saturated rings. The second-order valence-electron chi connectivity index (χ2n) is 3.68. The summed E-state index contributed by atoms with van der Waals surface area (Å²) >= 11 is 2.04. The monoisotopic (exact) mass is 223 g/mol. The minimum absolute atomic E-state index is 0.494. The van der Waals surface area contributed by atoms with Crippen LogP contribution in [0.2, 0.25) is 0 Å². The molecule has 1 rings (SSSR count). The fourth-order valence-corrected chi connectivity index (χ4v) is 2.73. The van der Waals surface area contributed by atoms with E-state index in [4.69, 9.17) is 0 Å². The van der Waals surface area contributed by atoms with Gasteiger partial charge in [-0.15, -0.1) is 0 Å². The summed E-state index contributed by atoms with van der Waals surface area (Å²) in [5, 5.41) is 3.37. The Kier molecular flexibility index (Phi) is 6.53. The summed E-state index contributed by atoms with van der Waals surface area (Å²) in [6.45, 7) is 2.24. The summed E-state index contributed by atoms with van der Waals surface area (Å²) in [5.74, 6) is 2.45. The molecule has 0 spiro atoms. The van der Waals surface area contributed by atoms with E-state index in [1.807, 2.05) is 18.8 Å². The van der Waals surface area contributed by atoms with E-state index in [2.05, 4.69) is 42.6 Å². The molecule has 0 aliphatic carbocycles. The lowest BCUT2D eigenvalue weighted by Gasteiger charge is -2.15. The molecule has 15 heavy (non-hydrogen) atoms. The Hall–Kier alpha value is -0.470. The number of hydrogen-bond donors (Lipinski definition) is 1. The van der Waals surface area contributed by atoms with Gasteiger partial charge in [0.2, 0.25) is 0 Å². The van der Waals surface area contributed by atoms with Crippen LogP contribution in [0.25, 0.3) is 0 Å². The lowest BCUT2D eigenvalue weighted by Crippen LogP contribution is -2.18. The molecular weight excluding hydrogens is 202 g/mol. The third-order valence-electron chi connectivity index (χ3n) is 2.48. The van der Waals surface area contributed by atoms with Gasteiger partial charge < -0.3 is 5.32 Å². The summed E-state index contributed by atoms with van der Waals surface area (Å²) in [6, 6.07) is 11.2.